The SMILES string of the molecule is COc1ccccc1NC(=O)[C@H](C)OC(=O)/C=C/c1ccc(C(F)(F)F)cc1. The second-order valence-electron chi connectivity index (χ2n) is 5.72. The summed E-state index contributed by atoms with van der Waals surface area (Å²) in [6.07, 6.45) is -3.18. The highest BCUT2D eigenvalue weighted by molar-refractivity contribution is 5.97. The van der Waals surface area contributed by atoms with Crippen LogP contribution in [-0.4, -0.2) is 25.1 Å². The summed E-state index contributed by atoms with van der Waals surface area (Å²) in [6.45, 7) is 1.40. The Morgan fingerprint density at radius 2 is 1.71 bits per heavy atom. The molecule has 0 heterocycles. The summed E-state index contributed by atoms with van der Waals surface area (Å²) in [4.78, 5) is 24.0. The third-order valence-corrected chi connectivity index (χ3v) is 3.68. The highest BCUT2D eigenvalue weighted by Crippen LogP contribution is 2.29. The number of hydrogen-bond donors (Lipinski definition) is 1. The Balaban J connectivity index is 1.92. The predicted molar refractivity (Wildman–Crippen MR) is 97.7 cm³/mol. The first-order chi connectivity index (χ1) is 13.2. The van der Waals surface area contributed by atoms with E-state index < -0.39 is 29.7 Å². The summed E-state index contributed by atoms with van der Waals surface area (Å²) < 4.78 is 47.7. The van der Waals surface area contributed by atoms with Crippen LogP contribution in [0.2, 0.25) is 0 Å². The number of amides is 1. The van der Waals surface area contributed by atoms with Crippen LogP contribution < -0.4 is 10.1 Å². The van der Waals surface area contributed by atoms with Gasteiger partial charge in [-0.2, -0.15) is 13.2 Å². The van der Waals surface area contributed by atoms with E-state index in [0.717, 1.165) is 18.2 Å². The number of alkyl halides is 3. The zero-order valence-corrected chi connectivity index (χ0v) is 15.1. The van der Waals surface area contributed by atoms with Gasteiger partial charge in [0.15, 0.2) is 6.10 Å². The Morgan fingerprint density at radius 3 is 2.32 bits per heavy atom. The van der Waals surface area contributed by atoms with E-state index in [-0.39, 0.29) is 0 Å². The zero-order valence-electron chi connectivity index (χ0n) is 15.1. The number of halogens is 3. The van der Waals surface area contributed by atoms with Crippen molar-refractivity contribution in [1.29, 1.82) is 0 Å². The van der Waals surface area contributed by atoms with Crippen molar-refractivity contribution < 1.29 is 32.2 Å². The van der Waals surface area contributed by atoms with Gasteiger partial charge in [-0.1, -0.05) is 24.3 Å². The van der Waals surface area contributed by atoms with E-state index in [0.29, 0.717) is 17.0 Å². The van der Waals surface area contributed by atoms with Crippen molar-refractivity contribution in [3.05, 3.63) is 65.7 Å². The lowest BCUT2D eigenvalue weighted by molar-refractivity contribution is -0.148. The van der Waals surface area contributed by atoms with Gasteiger partial charge in [0, 0.05) is 6.08 Å². The Bertz CT molecular complexity index is 860. The lowest BCUT2D eigenvalue weighted by Crippen LogP contribution is -2.29. The Hall–Kier alpha value is -3.29. The molecule has 0 unspecified atom stereocenters. The average Bonchev–Trinajstić information content (AvgIpc) is 2.66. The van der Waals surface area contributed by atoms with Gasteiger partial charge in [0.05, 0.1) is 18.4 Å². The number of carbonyl (C=O) groups excluding carboxylic acids is 2. The predicted octanol–water partition coefficient (Wildman–Crippen LogP) is 4.30. The summed E-state index contributed by atoms with van der Waals surface area (Å²) in [5.74, 6) is -0.903. The number of methoxy groups -OCH3 is 1. The number of rotatable bonds is 6. The van der Waals surface area contributed by atoms with E-state index in [1.807, 2.05) is 0 Å². The molecule has 0 radical (unpaired) electrons. The van der Waals surface area contributed by atoms with Crippen molar-refractivity contribution in [1.82, 2.24) is 0 Å². The van der Waals surface area contributed by atoms with Crippen LogP contribution in [0, 0.1) is 0 Å². The molecule has 2 rings (SSSR count). The fourth-order valence-electron chi connectivity index (χ4n) is 2.20. The smallest absolute Gasteiger partial charge is 0.416 e. The third kappa shape index (κ3) is 5.87. The van der Waals surface area contributed by atoms with E-state index in [2.05, 4.69) is 5.32 Å². The van der Waals surface area contributed by atoms with E-state index in [1.54, 1.807) is 24.3 Å². The van der Waals surface area contributed by atoms with Crippen molar-refractivity contribution in [2.45, 2.75) is 19.2 Å². The first-order valence-electron chi connectivity index (χ1n) is 8.20. The number of anilines is 1. The molecular weight excluding hydrogens is 375 g/mol. The maximum absolute atomic E-state index is 12.5. The van der Waals surface area contributed by atoms with Crippen molar-refractivity contribution in [3.8, 4) is 5.75 Å². The van der Waals surface area contributed by atoms with Crippen molar-refractivity contribution in [3.63, 3.8) is 0 Å². The molecule has 0 fully saturated rings. The molecule has 1 N–H and O–H groups in total. The maximum atomic E-state index is 12.5. The highest BCUT2D eigenvalue weighted by Gasteiger charge is 2.29. The summed E-state index contributed by atoms with van der Waals surface area (Å²) in [5.41, 5.74) is 0.0307. The number of esters is 1. The molecule has 5 nitrogen and oxygen atoms in total. The van der Waals surface area contributed by atoms with Crippen LogP contribution in [0.3, 0.4) is 0 Å². The summed E-state index contributed by atoms with van der Waals surface area (Å²) in [7, 11) is 1.46. The molecule has 0 saturated heterocycles. The van der Waals surface area contributed by atoms with Gasteiger partial charge in [-0.3, -0.25) is 4.79 Å². The van der Waals surface area contributed by atoms with Crippen LogP contribution in [0.1, 0.15) is 18.1 Å². The van der Waals surface area contributed by atoms with Gasteiger partial charge < -0.3 is 14.8 Å². The Morgan fingerprint density at radius 1 is 1.07 bits per heavy atom. The first-order valence-corrected chi connectivity index (χ1v) is 8.20. The normalized spacial score (nSPS) is 12.5. The third-order valence-electron chi connectivity index (χ3n) is 3.68. The molecule has 0 aliphatic rings. The summed E-state index contributed by atoms with van der Waals surface area (Å²) in [5, 5.41) is 2.59. The molecule has 8 heteroatoms. The number of nitrogens with one attached hydrogen (secondary N) is 1. The van der Waals surface area contributed by atoms with Crippen molar-refractivity contribution >= 4 is 23.6 Å². The van der Waals surface area contributed by atoms with Crippen LogP contribution in [-0.2, 0) is 20.5 Å². The minimum atomic E-state index is -4.43. The molecule has 1 atom stereocenters. The first kappa shape index (κ1) is 21.0. The molecule has 0 aromatic heterocycles. The molecule has 0 spiro atoms. The Labute approximate surface area is 159 Å². The average molecular weight is 393 g/mol. The number of carbonyl (C=O) groups is 2. The van der Waals surface area contributed by atoms with Gasteiger partial charge in [-0.05, 0) is 42.8 Å². The van der Waals surface area contributed by atoms with E-state index in [9.17, 15) is 22.8 Å². The monoisotopic (exact) mass is 393 g/mol. The fraction of sp³-hybridized carbons (Fsp3) is 0.200. The van der Waals surface area contributed by atoms with Gasteiger partial charge in [0.25, 0.3) is 5.91 Å². The van der Waals surface area contributed by atoms with Gasteiger partial charge >= 0.3 is 12.1 Å². The number of hydrogen-bond acceptors (Lipinski definition) is 4. The quantitative estimate of drug-likeness (QED) is 0.587. The van der Waals surface area contributed by atoms with Crippen LogP contribution in [0.25, 0.3) is 6.08 Å². The molecule has 0 bridgehead atoms. The van der Waals surface area contributed by atoms with E-state index >= 15 is 0 Å². The lowest BCUT2D eigenvalue weighted by atomic mass is 10.1. The molecule has 148 valence electrons. The number of ether oxygens (including phenoxy) is 2. The lowest BCUT2D eigenvalue weighted by Gasteiger charge is -2.14. The molecular formula is C20H18F3NO4. The Kier molecular flexibility index (Phi) is 6.81. The second-order valence-corrected chi connectivity index (χ2v) is 5.72. The van der Waals surface area contributed by atoms with E-state index in [1.165, 1.54) is 32.2 Å². The molecule has 0 aliphatic carbocycles. The second kappa shape index (κ2) is 9.07. The van der Waals surface area contributed by atoms with Crippen molar-refractivity contribution in [2.24, 2.45) is 0 Å². The van der Waals surface area contributed by atoms with E-state index in [4.69, 9.17) is 9.47 Å². The van der Waals surface area contributed by atoms with Crippen LogP contribution in [0.5, 0.6) is 5.75 Å². The van der Waals surface area contributed by atoms with Gasteiger partial charge in [-0.25, -0.2) is 4.79 Å². The maximum Gasteiger partial charge on any atom is 0.416 e. The standard InChI is InChI=1S/C20H18F3NO4/c1-13(19(26)24-16-5-3-4-6-17(16)27-2)28-18(25)12-9-14-7-10-15(11-8-14)20(21,22)23/h3-13H,1-2H3,(H,24,26)/b12-9+/t13-/m0/s1. The van der Waals surface area contributed by atoms with Crippen LogP contribution in [0.4, 0.5) is 18.9 Å². The summed E-state index contributed by atoms with van der Waals surface area (Å²) in [6, 6.07) is 11.0. The minimum Gasteiger partial charge on any atom is -0.495 e. The number of para-hydroxylation sites is 2. The van der Waals surface area contributed by atoms with Crippen LogP contribution >= 0.6 is 0 Å². The van der Waals surface area contributed by atoms with Gasteiger partial charge in [0.1, 0.15) is 5.75 Å². The zero-order chi connectivity index (χ0) is 20.7. The van der Waals surface area contributed by atoms with Crippen molar-refractivity contribution in [2.75, 3.05) is 12.4 Å². The van der Waals surface area contributed by atoms with Gasteiger partial charge in [-0.15, -0.1) is 0 Å². The van der Waals surface area contributed by atoms with Gasteiger partial charge in [0.2, 0.25) is 0 Å². The molecule has 2 aromatic rings. The molecule has 2 aromatic carbocycles. The fourth-order valence-corrected chi connectivity index (χ4v) is 2.20. The molecule has 1 amide bonds. The highest BCUT2D eigenvalue weighted by atomic mass is 19.4. The number of benzene rings is 2. The summed E-state index contributed by atoms with van der Waals surface area (Å²) >= 11 is 0. The molecule has 0 saturated carbocycles. The molecule has 0 aliphatic heterocycles. The largest absolute Gasteiger partial charge is 0.495 e. The van der Waals surface area contributed by atoms with Crippen LogP contribution in [0.15, 0.2) is 54.6 Å². The minimum absolute atomic E-state index is 0.385. The topological polar surface area (TPSA) is 64.6 Å². The molecule has 28 heavy (non-hydrogen) atoms.